The molecule has 5 nitrogen and oxygen atoms in total. The summed E-state index contributed by atoms with van der Waals surface area (Å²) >= 11 is 0. The third kappa shape index (κ3) is 4.14. The lowest BCUT2D eigenvalue weighted by Gasteiger charge is -2.22. The topological polar surface area (TPSA) is 69.6 Å². The molecule has 1 rings (SSSR count). The van der Waals surface area contributed by atoms with Gasteiger partial charge in [0.05, 0.1) is 6.54 Å². The van der Waals surface area contributed by atoms with E-state index in [0.29, 0.717) is 0 Å². The standard InChI is InChI=1S/C12H16N2O3/c1-9-4-3-5-10(6-9)14(8-12(16)17)7-11(15)13-2/h3-6H,7-8H2,1-2H3,(H,13,15)(H,16,17). The van der Waals surface area contributed by atoms with E-state index in [1.807, 2.05) is 25.1 Å². The average Bonchev–Trinajstić information content (AvgIpc) is 2.27. The first-order valence-corrected chi connectivity index (χ1v) is 5.27. The second-order valence-electron chi connectivity index (χ2n) is 3.76. The molecule has 1 aromatic rings. The second kappa shape index (κ2) is 5.89. The molecule has 0 unspecified atom stereocenters. The van der Waals surface area contributed by atoms with Crippen LogP contribution >= 0.6 is 0 Å². The van der Waals surface area contributed by atoms with Crippen LogP contribution in [0.4, 0.5) is 5.69 Å². The molecule has 0 aromatic heterocycles. The number of carbonyl (C=O) groups is 2. The highest BCUT2D eigenvalue weighted by Gasteiger charge is 2.13. The predicted octanol–water partition coefficient (Wildman–Crippen LogP) is 0.632. The molecule has 0 bridgehead atoms. The molecular formula is C12H16N2O3. The number of benzene rings is 1. The Hall–Kier alpha value is -2.04. The first-order valence-electron chi connectivity index (χ1n) is 5.27. The van der Waals surface area contributed by atoms with Crippen LogP contribution < -0.4 is 10.2 Å². The summed E-state index contributed by atoms with van der Waals surface area (Å²) in [5.74, 6) is -1.18. The zero-order valence-corrected chi connectivity index (χ0v) is 9.93. The molecule has 2 N–H and O–H groups in total. The van der Waals surface area contributed by atoms with Crippen molar-refractivity contribution in [2.75, 3.05) is 25.0 Å². The van der Waals surface area contributed by atoms with E-state index < -0.39 is 5.97 Å². The van der Waals surface area contributed by atoms with Crippen molar-refractivity contribution < 1.29 is 14.7 Å². The van der Waals surface area contributed by atoms with E-state index in [4.69, 9.17) is 5.11 Å². The van der Waals surface area contributed by atoms with Crippen LogP contribution in [0, 0.1) is 6.92 Å². The van der Waals surface area contributed by atoms with Gasteiger partial charge in [0.15, 0.2) is 0 Å². The molecule has 17 heavy (non-hydrogen) atoms. The minimum atomic E-state index is -0.963. The molecule has 1 aromatic carbocycles. The van der Waals surface area contributed by atoms with Gasteiger partial charge < -0.3 is 15.3 Å². The fourth-order valence-electron chi connectivity index (χ4n) is 1.48. The van der Waals surface area contributed by atoms with E-state index in [0.717, 1.165) is 11.3 Å². The van der Waals surface area contributed by atoms with Crippen molar-refractivity contribution in [3.63, 3.8) is 0 Å². The molecule has 5 heteroatoms. The summed E-state index contributed by atoms with van der Waals surface area (Å²) in [6.45, 7) is 1.76. The van der Waals surface area contributed by atoms with Gasteiger partial charge in [-0.2, -0.15) is 0 Å². The zero-order valence-electron chi connectivity index (χ0n) is 9.93. The van der Waals surface area contributed by atoms with Crippen molar-refractivity contribution in [3.05, 3.63) is 29.8 Å². The summed E-state index contributed by atoms with van der Waals surface area (Å²) in [6.07, 6.45) is 0. The number of carbonyl (C=O) groups excluding carboxylic acids is 1. The molecule has 0 aliphatic carbocycles. The molecule has 0 heterocycles. The Balaban J connectivity index is 2.89. The predicted molar refractivity (Wildman–Crippen MR) is 65.1 cm³/mol. The van der Waals surface area contributed by atoms with Crippen molar-refractivity contribution in [1.82, 2.24) is 5.32 Å². The lowest BCUT2D eigenvalue weighted by Crippen LogP contribution is -2.38. The summed E-state index contributed by atoms with van der Waals surface area (Å²) in [6, 6.07) is 7.40. The number of aliphatic carboxylic acids is 1. The van der Waals surface area contributed by atoms with E-state index in [1.54, 1.807) is 6.07 Å². The van der Waals surface area contributed by atoms with Crippen LogP contribution in [0.25, 0.3) is 0 Å². The highest BCUT2D eigenvalue weighted by Crippen LogP contribution is 2.15. The number of hydrogen-bond donors (Lipinski definition) is 2. The number of amides is 1. The van der Waals surface area contributed by atoms with E-state index in [-0.39, 0.29) is 19.0 Å². The number of hydrogen-bond acceptors (Lipinski definition) is 3. The van der Waals surface area contributed by atoms with Crippen LogP contribution in [-0.2, 0) is 9.59 Å². The van der Waals surface area contributed by atoms with Crippen LogP contribution in [0.2, 0.25) is 0 Å². The number of aryl methyl sites for hydroxylation is 1. The fourth-order valence-corrected chi connectivity index (χ4v) is 1.48. The first-order chi connectivity index (χ1) is 8.02. The summed E-state index contributed by atoms with van der Waals surface area (Å²) in [7, 11) is 1.53. The van der Waals surface area contributed by atoms with Gasteiger partial charge in [-0.15, -0.1) is 0 Å². The molecule has 0 radical (unpaired) electrons. The smallest absolute Gasteiger partial charge is 0.323 e. The number of anilines is 1. The fraction of sp³-hybridized carbons (Fsp3) is 0.333. The van der Waals surface area contributed by atoms with Gasteiger partial charge in [0.25, 0.3) is 0 Å². The Kier molecular flexibility index (Phi) is 4.51. The maximum atomic E-state index is 11.3. The lowest BCUT2D eigenvalue weighted by molar-refractivity contribution is -0.135. The monoisotopic (exact) mass is 236 g/mol. The van der Waals surface area contributed by atoms with Gasteiger partial charge in [-0.1, -0.05) is 12.1 Å². The van der Waals surface area contributed by atoms with Gasteiger partial charge in [0.2, 0.25) is 5.91 Å². The Bertz CT molecular complexity index is 418. The number of nitrogens with one attached hydrogen (secondary N) is 1. The normalized spacial score (nSPS) is 9.76. The Morgan fingerprint density at radius 3 is 2.59 bits per heavy atom. The highest BCUT2D eigenvalue weighted by molar-refractivity contribution is 5.83. The number of likely N-dealkylation sites (N-methyl/N-ethyl adjacent to an activating group) is 1. The minimum Gasteiger partial charge on any atom is -0.480 e. The Morgan fingerprint density at radius 2 is 2.06 bits per heavy atom. The minimum absolute atomic E-state index is 0.0340. The lowest BCUT2D eigenvalue weighted by atomic mass is 10.2. The number of carboxylic acids is 1. The van der Waals surface area contributed by atoms with Crippen molar-refractivity contribution in [3.8, 4) is 0 Å². The molecule has 0 aliphatic heterocycles. The molecule has 92 valence electrons. The van der Waals surface area contributed by atoms with Crippen LogP contribution in [0.15, 0.2) is 24.3 Å². The summed E-state index contributed by atoms with van der Waals surface area (Å²) in [5.41, 5.74) is 1.76. The molecule has 0 spiro atoms. The summed E-state index contributed by atoms with van der Waals surface area (Å²) in [5, 5.41) is 11.3. The maximum absolute atomic E-state index is 11.3. The average molecular weight is 236 g/mol. The molecule has 0 saturated heterocycles. The van der Waals surface area contributed by atoms with Gasteiger partial charge in [-0.3, -0.25) is 9.59 Å². The molecule has 0 fully saturated rings. The first kappa shape index (κ1) is 13.0. The van der Waals surface area contributed by atoms with E-state index in [1.165, 1.54) is 11.9 Å². The molecular weight excluding hydrogens is 220 g/mol. The van der Waals surface area contributed by atoms with E-state index in [2.05, 4.69) is 5.32 Å². The maximum Gasteiger partial charge on any atom is 0.323 e. The molecule has 0 atom stereocenters. The summed E-state index contributed by atoms with van der Waals surface area (Å²) < 4.78 is 0. The number of rotatable bonds is 5. The third-order valence-electron chi connectivity index (χ3n) is 2.31. The van der Waals surface area contributed by atoms with Crippen molar-refractivity contribution >= 4 is 17.6 Å². The zero-order chi connectivity index (χ0) is 12.8. The summed E-state index contributed by atoms with van der Waals surface area (Å²) in [4.78, 5) is 23.6. The van der Waals surface area contributed by atoms with Gasteiger partial charge >= 0.3 is 5.97 Å². The van der Waals surface area contributed by atoms with Crippen LogP contribution in [0.3, 0.4) is 0 Å². The molecule has 1 amide bonds. The van der Waals surface area contributed by atoms with Crippen molar-refractivity contribution in [2.45, 2.75) is 6.92 Å². The Morgan fingerprint density at radius 1 is 1.35 bits per heavy atom. The number of nitrogens with zero attached hydrogens (tertiary/aromatic N) is 1. The van der Waals surface area contributed by atoms with Gasteiger partial charge in [-0.25, -0.2) is 0 Å². The van der Waals surface area contributed by atoms with Gasteiger partial charge in [0, 0.05) is 12.7 Å². The second-order valence-corrected chi connectivity index (χ2v) is 3.76. The third-order valence-corrected chi connectivity index (χ3v) is 2.31. The quantitative estimate of drug-likeness (QED) is 0.786. The van der Waals surface area contributed by atoms with Gasteiger partial charge in [-0.05, 0) is 24.6 Å². The highest BCUT2D eigenvalue weighted by atomic mass is 16.4. The Labute approximate surface area is 100 Å². The SMILES string of the molecule is CNC(=O)CN(CC(=O)O)c1cccc(C)c1. The van der Waals surface area contributed by atoms with Crippen molar-refractivity contribution in [2.24, 2.45) is 0 Å². The molecule has 0 saturated carbocycles. The van der Waals surface area contributed by atoms with E-state index in [9.17, 15) is 9.59 Å². The largest absolute Gasteiger partial charge is 0.480 e. The van der Waals surface area contributed by atoms with Crippen molar-refractivity contribution in [1.29, 1.82) is 0 Å². The van der Waals surface area contributed by atoms with Crippen LogP contribution in [0.5, 0.6) is 0 Å². The van der Waals surface area contributed by atoms with Crippen LogP contribution in [-0.4, -0.2) is 37.1 Å². The van der Waals surface area contributed by atoms with E-state index >= 15 is 0 Å². The number of carboxylic acid groups (broad SMARTS) is 1. The van der Waals surface area contributed by atoms with Crippen LogP contribution in [0.1, 0.15) is 5.56 Å². The molecule has 0 aliphatic rings. The van der Waals surface area contributed by atoms with Gasteiger partial charge in [0.1, 0.15) is 6.54 Å².